The Kier molecular flexibility index (Phi) is 5.29. The summed E-state index contributed by atoms with van der Waals surface area (Å²) in [6, 6.07) is 16.5. The summed E-state index contributed by atoms with van der Waals surface area (Å²) in [6.45, 7) is 0. The summed E-state index contributed by atoms with van der Waals surface area (Å²) in [5.41, 5.74) is 0.614. The fourth-order valence-corrected chi connectivity index (χ4v) is 1.71. The van der Waals surface area contributed by atoms with E-state index in [0.717, 1.165) is 5.75 Å². The molecule has 2 aromatic carbocycles. The van der Waals surface area contributed by atoms with Crippen molar-refractivity contribution in [1.29, 1.82) is 0 Å². The van der Waals surface area contributed by atoms with Crippen LogP contribution >= 0.6 is 34.8 Å². The fraction of sp³-hybridized carbons (Fsp3) is 0.0769. The summed E-state index contributed by atoms with van der Waals surface area (Å²) in [7, 11) is 0. The molecule has 0 radical (unpaired) electrons. The van der Waals surface area contributed by atoms with Gasteiger partial charge < -0.3 is 10.2 Å². The minimum absolute atomic E-state index is 0. The first-order valence-corrected chi connectivity index (χ1v) is 6.09. The van der Waals surface area contributed by atoms with Gasteiger partial charge in [0.05, 0.1) is 0 Å². The number of ether oxygens (including phenoxy) is 1. The van der Waals surface area contributed by atoms with Crippen LogP contribution in [0.2, 0.25) is 0 Å². The van der Waals surface area contributed by atoms with E-state index in [1.807, 2.05) is 30.3 Å². The maximum absolute atomic E-state index is 5.76. The molecule has 2 N–H and O–H groups in total. The summed E-state index contributed by atoms with van der Waals surface area (Å²) in [5.74, 6) is 1.48. The Morgan fingerprint density at radius 1 is 0.722 bits per heavy atom. The first-order valence-electron chi connectivity index (χ1n) is 4.96. The number of hydrogen-bond donors (Lipinski definition) is 0. The molecule has 0 spiro atoms. The SMILES string of the molecule is ClC(Cl)(Cl)c1ccc(Oc2ccccc2)cc1.O. The molecular weight excluding hydrogens is 294 g/mol. The number of benzene rings is 2. The lowest BCUT2D eigenvalue weighted by Crippen LogP contribution is -1.99. The topological polar surface area (TPSA) is 40.7 Å². The molecule has 0 aliphatic heterocycles. The second-order valence-electron chi connectivity index (χ2n) is 3.44. The Labute approximate surface area is 120 Å². The smallest absolute Gasteiger partial charge is 0.216 e. The van der Waals surface area contributed by atoms with Crippen molar-refractivity contribution in [2.45, 2.75) is 3.79 Å². The van der Waals surface area contributed by atoms with E-state index in [1.54, 1.807) is 24.3 Å². The van der Waals surface area contributed by atoms with Crippen LogP contribution in [0.4, 0.5) is 0 Å². The maximum atomic E-state index is 5.76. The minimum atomic E-state index is -1.40. The Hall–Kier alpha value is -0.930. The lowest BCUT2D eigenvalue weighted by atomic mass is 10.2. The molecule has 0 amide bonds. The molecule has 0 heterocycles. The third-order valence-corrected chi connectivity index (χ3v) is 2.82. The quantitative estimate of drug-likeness (QED) is 0.754. The molecule has 2 nitrogen and oxygen atoms in total. The number of alkyl halides is 3. The number of halogens is 3. The van der Waals surface area contributed by atoms with Gasteiger partial charge in [-0.15, -0.1) is 0 Å². The molecule has 0 atom stereocenters. The Morgan fingerprint density at radius 2 is 1.22 bits per heavy atom. The summed E-state index contributed by atoms with van der Waals surface area (Å²) in [5, 5.41) is 0. The zero-order valence-corrected chi connectivity index (χ0v) is 11.5. The van der Waals surface area contributed by atoms with Gasteiger partial charge in [-0.3, -0.25) is 0 Å². The second-order valence-corrected chi connectivity index (χ2v) is 5.72. The van der Waals surface area contributed by atoms with Crippen molar-refractivity contribution in [1.82, 2.24) is 0 Å². The lowest BCUT2D eigenvalue weighted by Gasteiger charge is -2.12. The molecule has 2 rings (SSSR count). The molecule has 5 heteroatoms. The second kappa shape index (κ2) is 6.30. The number of para-hydroxylation sites is 1. The largest absolute Gasteiger partial charge is 0.457 e. The van der Waals surface area contributed by atoms with Gasteiger partial charge in [-0.2, -0.15) is 0 Å². The average molecular weight is 306 g/mol. The first kappa shape index (κ1) is 15.1. The molecule has 18 heavy (non-hydrogen) atoms. The standard InChI is InChI=1S/C13H9Cl3O.H2O/c14-13(15,16)10-6-8-12(9-7-10)17-11-4-2-1-3-5-11;/h1-9H;1H2. The van der Waals surface area contributed by atoms with Gasteiger partial charge in [-0.05, 0) is 24.3 Å². The molecule has 0 unspecified atom stereocenters. The highest BCUT2D eigenvalue weighted by molar-refractivity contribution is 6.66. The van der Waals surface area contributed by atoms with Crippen LogP contribution in [0.15, 0.2) is 54.6 Å². The van der Waals surface area contributed by atoms with Gasteiger partial charge in [-0.1, -0.05) is 65.1 Å². The molecule has 0 saturated carbocycles. The van der Waals surface area contributed by atoms with Gasteiger partial charge >= 0.3 is 0 Å². The van der Waals surface area contributed by atoms with E-state index < -0.39 is 3.79 Å². The highest BCUT2D eigenvalue weighted by atomic mass is 35.6. The van der Waals surface area contributed by atoms with Gasteiger partial charge in [0.25, 0.3) is 0 Å². The molecule has 0 aromatic heterocycles. The van der Waals surface area contributed by atoms with Crippen molar-refractivity contribution < 1.29 is 10.2 Å². The van der Waals surface area contributed by atoms with Gasteiger partial charge in [0.2, 0.25) is 3.79 Å². The van der Waals surface area contributed by atoms with Crippen molar-refractivity contribution in [3.63, 3.8) is 0 Å². The van der Waals surface area contributed by atoms with Gasteiger partial charge in [-0.25, -0.2) is 0 Å². The third-order valence-electron chi connectivity index (χ3n) is 2.16. The van der Waals surface area contributed by atoms with Crippen LogP contribution in [0.25, 0.3) is 0 Å². The molecule has 0 bridgehead atoms. The summed E-state index contributed by atoms with van der Waals surface area (Å²) in [6.07, 6.45) is 0. The van der Waals surface area contributed by atoms with E-state index in [4.69, 9.17) is 39.5 Å². The van der Waals surface area contributed by atoms with Crippen LogP contribution < -0.4 is 4.74 Å². The Balaban J connectivity index is 0.00000162. The van der Waals surface area contributed by atoms with E-state index in [2.05, 4.69) is 0 Å². The molecule has 96 valence electrons. The first-order chi connectivity index (χ1) is 8.05. The Morgan fingerprint density at radius 3 is 1.72 bits per heavy atom. The lowest BCUT2D eigenvalue weighted by molar-refractivity contribution is 0.482. The van der Waals surface area contributed by atoms with Crippen molar-refractivity contribution in [2.24, 2.45) is 0 Å². The van der Waals surface area contributed by atoms with Crippen LogP contribution in [-0.2, 0) is 3.79 Å². The average Bonchev–Trinajstić information content (AvgIpc) is 2.30. The van der Waals surface area contributed by atoms with E-state index >= 15 is 0 Å². The monoisotopic (exact) mass is 304 g/mol. The molecule has 0 aliphatic rings. The molecule has 2 aromatic rings. The summed E-state index contributed by atoms with van der Waals surface area (Å²) < 4.78 is 4.22. The maximum Gasteiger partial charge on any atom is 0.216 e. The van der Waals surface area contributed by atoms with Gasteiger partial charge in [0.1, 0.15) is 11.5 Å². The predicted molar refractivity (Wildman–Crippen MR) is 75.8 cm³/mol. The van der Waals surface area contributed by atoms with E-state index in [1.165, 1.54) is 0 Å². The zero-order valence-electron chi connectivity index (χ0n) is 9.24. The van der Waals surface area contributed by atoms with E-state index in [-0.39, 0.29) is 5.48 Å². The molecular formula is C13H11Cl3O2. The molecule has 0 aliphatic carbocycles. The van der Waals surface area contributed by atoms with Crippen LogP contribution in [0, 0.1) is 0 Å². The van der Waals surface area contributed by atoms with Gasteiger partial charge in [0.15, 0.2) is 0 Å². The minimum Gasteiger partial charge on any atom is -0.457 e. The van der Waals surface area contributed by atoms with Crippen LogP contribution in [0.3, 0.4) is 0 Å². The fourth-order valence-electron chi connectivity index (χ4n) is 1.34. The Bertz CT molecular complexity index is 478. The van der Waals surface area contributed by atoms with Crippen LogP contribution in [-0.4, -0.2) is 5.48 Å². The highest BCUT2D eigenvalue weighted by Gasteiger charge is 2.22. The van der Waals surface area contributed by atoms with Crippen LogP contribution in [0.5, 0.6) is 11.5 Å². The molecule has 0 saturated heterocycles. The van der Waals surface area contributed by atoms with Crippen molar-refractivity contribution >= 4 is 34.8 Å². The zero-order chi connectivity index (χ0) is 12.3. The number of hydrogen-bond acceptors (Lipinski definition) is 1. The third kappa shape index (κ3) is 4.07. The van der Waals surface area contributed by atoms with Crippen LogP contribution in [0.1, 0.15) is 5.56 Å². The normalized spacial score (nSPS) is 10.6. The number of rotatable bonds is 2. The summed E-state index contributed by atoms with van der Waals surface area (Å²) >= 11 is 17.3. The highest BCUT2D eigenvalue weighted by Crippen LogP contribution is 2.38. The van der Waals surface area contributed by atoms with E-state index in [0.29, 0.717) is 11.3 Å². The molecule has 0 fully saturated rings. The summed E-state index contributed by atoms with van der Waals surface area (Å²) in [4.78, 5) is 0. The van der Waals surface area contributed by atoms with Crippen molar-refractivity contribution in [3.8, 4) is 11.5 Å². The van der Waals surface area contributed by atoms with Crippen molar-refractivity contribution in [3.05, 3.63) is 60.2 Å². The van der Waals surface area contributed by atoms with Gasteiger partial charge in [0, 0.05) is 5.56 Å². The predicted octanol–water partition coefficient (Wildman–Crippen LogP) is 4.48. The van der Waals surface area contributed by atoms with Crippen molar-refractivity contribution in [2.75, 3.05) is 0 Å². The van der Waals surface area contributed by atoms with E-state index in [9.17, 15) is 0 Å².